The second kappa shape index (κ2) is 5.83. The van der Waals surface area contributed by atoms with Gasteiger partial charge in [0, 0.05) is 13.2 Å². The summed E-state index contributed by atoms with van der Waals surface area (Å²) in [6.45, 7) is 2.03. The van der Waals surface area contributed by atoms with Crippen LogP contribution in [0.3, 0.4) is 0 Å². The number of aryl methyl sites for hydroxylation is 1. The highest BCUT2D eigenvalue weighted by molar-refractivity contribution is 9.10. The third-order valence-corrected chi connectivity index (χ3v) is 3.81. The maximum atomic E-state index is 5.45. The third kappa shape index (κ3) is 3.42. The summed E-state index contributed by atoms with van der Waals surface area (Å²) in [6, 6.07) is 4.57. The van der Waals surface area contributed by atoms with Crippen molar-refractivity contribution in [2.24, 2.45) is 0 Å². The predicted molar refractivity (Wildman–Crippen MR) is 73.3 cm³/mol. The number of nitrogens with one attached hydrogen (secondary N) is 1. The summed E-state index contributed by atoms with van der Waals surface area (Å²) in [5, 5.41) is 3.58. The van der Waals surface area contributed by atoms with E-state index >= 15 is 0 Å². The van der Waals surface area contributed by atoms with E-state index in [4.69, 9.17) is 4.74 Å². The van der Waals surface area contributed by atoms with Crippen molar-refractivity contribution in [2.75, 3.05) is 12.4 Å². The standard InChI is InChI=1S/C13H19BrN2O/c1-9-12(6-7-13(14)15-9)16-10-4-3-5-11(8-10)17-2/h6-7,10-11,16H,3-5,8H2,1-2H3. The molecule has 4 heteroatoms. The lowest BCUT2D eigenvalue weighted by molar-refractivity contribution is 0.0669. The summed E-state index contributed by atoms with van der Waals surface area (Å²) in [5.74, 6) is 0. The van der Waals surface area contributed by atoms with Crippen LogP contribution in [-0.2, 0) is 4.74 Å². The molecule has 0 amide bonds. The van der Waals surface area contributed by atoms with Gasteiger partial charge < -0.3 is 10.1 Å². The van der Waals surface area contributed by atoms with Crippen molar-refractivity contribution in [3.63, 3.8) is 0 Å². The van der Waals surface area contributed by atoms with Crippen LogP contribution in [0.2, 0.25) is 0 Å². The highest BCUT2D eigenvalue weighted by atomic mass is 79.9. The SMILES string of the molecule is COC1CCCC(Nc2ccc(Br)nc2C)C1. The number of pyridine rings is 1. The summed E-state index contributed by atoms with van der Waals surface area (Å²) in [5.41, 5.74) is 2.17. The summed E-state index contributed by atoms with van der Waals surface area (Å²) in [4.78, 5) is 4.40. The molecular formula is C13H19BrN2O. The maximum Gasteiger partial charge on any atom is 0.106 e. The predicted octanol–water partition coefficient (Wildman–Crippen LogP) is 3.52. The highest BCUT2D eigenvalue weighted by Crippen LogP contribution is 2.25. The van der Waals surface area contributed by atoms with Gasteiger partial charge in [0.2, 0.25) is 0 Å². The van der Waals surface area contributed by atoms with Crippen molar-refractivity contribution in [1.82, 2.24) is 4.98 Å². The van der Waals surface area contributed by atoms with Gasteiger partial charge >= 0.3 is 0 Å². The minimum atomic E-state index is 0.407. The number of hydrogen-bond donors (Lipinski definition) is 1. The van der Waals surface area contributed by atoms with E-state index in [9.17, 15) is 0 Å². The first kappa shape index (κ1) is 12.8. The molecule has 17 heavy (non-hydrogen) atoms. The smallest absolute Gasteiger partial charge is 0.106 e. The number of halogens is 1. The van der Waals surface area contributed by atoms with Gasteiger partial charge in [-0.2, -0.15) is 0 Å². The van der Waals surface area contributed by atoms with E-state index in [1.807, 2.05) is 13.0 Å². The minimum Gasteiger partial charge on any atom is -0.381 e. The molecule has 2 atom stereocenters. The normalized spacial score (nSPS) is 24.6. The van der Waals surface area contributed by atoms with Crippen LogP contribution in [0.1, 0.15) is 31.4 Å². The summed E-state index contributed by atoms with van der Waals surface area (Å²) < 4.78 is 6.33. The van der Waals surface area contributed by atoms with Crippen molar-refractivity contribution >= 4 is 21.6 Å². The minimum absolute atomic E-state index is 0.407. The fourth-order valence-electron chi connectivity index (χ4n) is 2.39. The molecule has 1 aliphatic carbocycles. The first-order valence-corrected chi connectivity index (χ1v) is 6.91. The van der Waals surface area contributed by atoms with Gasteiger partial charge in [-0.3, -0.25) is 0 Å². The number of methoxy groups -OCH3 is 1. The first-order chi connectivity index (χ1) is 8.19. The van der Waals surface area contributed by atoms with Crippen LogP contribution < -0.4 is 5.32 Å². The topological polar surface area (TPSA) is 34.1 Å². The molecule has 3 nitrogen and oxygen atoms in total. The van der Waals surface area contributed by atoms with E-state index in [0.29, 0.717) is 12.1 Å². The number of rotatable bonds is 3. The fourth-order valence-corrected chi connectivity index (χ4v) is 2.79. The molecule has 94 valence electrons. The molecule has 2 unspecified atom stereocenters. The Kier molecular flexibility index (Phi) is 4.40. The number of hydrogen-bond acceptors (Lipinski definition) is 3. The third-order valence-electron chi connectivity index (χ3n) is 3.37. The zero-order chi connectivity index (χ0) is 12.3. The Morgan fingerprint density at radius 2 is 2.24 bits per heavy atom. The zero-order valence-electron chi connectivity index (χ0n) is 10.4. The van der Waals surface area contributed by atoms with E-state index in [2.05, 4.69) is 32.3 Å². The molecule has 1 aromatic rings. The zero-order valence-corrected chi connectivity index (χ0v) is 12.0. The van der Waals surface area contributed by atoms with E-state index in [-0.39, 0.29) is 0 Å². The van der Waals surface area contributed by atoms with Crippen LogP contribution in [0.25, 0.3) is 0 Å². The molecule has 1 N–H and O–H groups in total. The molecule has 1 aromatic heterocycles. The van der Waals surface area contributed by atoms with Gasteiger partial charge in [0.1, 0.15) is 4.60 Å². The Labute approximate surface area is 111 Å². The molecule has 0 aromatic carbocycles. The van der Waals surface area contributed by atoms with Crippen molar-refractivity contribution in [3.05, 3.63) is 22.4 Å². The molecule has 0 saturated heterocycles. The Morgan fingerprint density at radius 1 is 1.41 bits per heavy atom. The largest absolute Gasteiger partial charge is 0.381 e. The molecule has 1 fully saturated rings. The molecule has 1 heterocycles. The molecule has 1 saturated carbocycles. The lowest BCUT2D eigenvalue weighted by Gasteiger charge is -2.29. The second-order valence-electron chi connectivity index (χ2n) is 4.63. The summed E-state index contributed by atoms with van der Waals surface area (Å²) in [6.07, 6.45) is 5.14. The van der Waals surface area contributed by atoms with Gasteiger partial charge in [-0.15, -0.1) is 0 Å². The van der Waals surface area contributed by atoms with Gasteiger partial charge in [0.15, 0.2) is 0 Å². The van der Waals surface area contributed by atoms with Crippen LogP contribution in [0, 0.1) is 6.92 Å². The van der Waals surface area contributed by atoms with Crippen molar-refractivity contribution in [3.8, 4) is 0 Å². The number of anilines is 1. The lowest BCUT2D eigenvalue weighted by Crippen LogP contribution is -2.31. The monoisotopic (exact) mass is 298 g/mol. The van der Waals surface area contributed by atoms with Crippen LogP contribution in [0.5, 0.6) is 0 Å². The number of nitrogens with zero attached hydrogens (tertiary/aromatic N) is 1. The average molecular weight is 299 g/mol. The molecule has 0 aliphatic heterocycles. The van der Waals surface area contributed by atoms with Crippen LogP contribution >= 0.6 is 15.9 Å². The van der Waals surface area contributed by atoms with E-state index in [1.165, 1.54) is 19.3 Å². The summed E-state index contributed by atoms with van der Waals surface area (Å²) >= 11 is 3.38. The van der Waals surface area contributed by atoms with E-state index in [1.54, 1.807) is 7.11 Å². The molecule has 0 radical (unpaired) electrons. The number of aromatic nitrogens is 1. The van der Waals surface area contributed by atoms with E-state index in [0.717, 1.165) is 22.4 Å². The molecule has 2 rings (SSSR count). The van der Waals surface area contributed by atoms with Crippen molar-refractivity contribution < 1.29 is 4.74 Å². The number of ether oxygens (including phenoxy) is 1. The van der Waals surface area contributed by atoms with Crippen LogP contribution in [0.4, 0.5) is 5.69 Å². The first-order valence-electron chi connectivity index (χ1n) is 6.11. The van der Waals surface area contributed by atoms with Gasteiger partial charge in [-0.25, -0.2) is 4.98 Å². The maximum absolute atomic E-state index is 5.45. The van der Waals surface area contributed by atoms with Gasteiger partial charge in [-0.05, 0) is 60.7 Å². The van der Waals surface area contributed by atoms with E-state index < -0.39 is 0 Å². The van der Waals surface area contributed by atoms with Crippen LogP contribution in [0.15, 0.2) is 16.7 Å². The Morgan fingerprint density at radius 3 is 2.94 bits per heavy atom. The summed E-state index contributed by atoms with van der Waals surface area (Å²) in [7, 11) is 1.81. The van der Waals surface area contributed by atoms with Gasteiger partial charge in [-0.1, -0.05) is 0 Å². The average Bonchev–Trinajstić information content (AvgIpc) is 2.33. The Balaban J connectivity index is 2.00. The molecule has 1 aliphatic rings. The van der Waals surface area contributed by atoms with Gasteiger partial charge in [0.25, 0.3) is 0 Å². The fraction of sp³-hybridized carbons (Fsp3) is 0.615. The lowest BCUT2D eigenvalue weighted by atomic mass is 9.92. The Bertz CT molecular complexity index is 384. The quantitative estimate of drug-likeness (QED) is 0.867. The van der Waals surface area contributed by atoms with Crippen molar-refractivity contribution in [2.45, 2.75) is 44.8 Å². The molecule has 0 bridgehead atoms. The second-order valence-corrected chi connectivity index (χ2v) is 5.45. The van der Waals surface area contributed by atoms with Crippen molar-refractivity contribution in [1.29, 1.82) is 0 Å². The molecule has 0 spiro atoms. The molecular weight excluding hydrogens is 280 g/mol. The Hall–Kier alpha value is -0.610. The van der Waals surface area contributed by atoms with Gasteiger partial charge in [0.05, 0.1) is 17.5 Å². The van der Waals surface area contributed by atoms with Crippen LogP contribution in [-0.4, -0.2) is 24.2 Å². The highest BCUT2D eigenvalue weighted by Gasteiger charge is 2.21.